The largest absolute Gasteiger partial charge is 0.497 e. The summed E-state index contributed by atoms with van der Waals surface area (Å²) in [4.78, 5) is 4.58. The Hall–Kier alpha value is -1.34. The van der Waals surface area contributed by atoms with Crippen molar-refractivity contribution in [3.05, 3.63) is 24.3 Å². The Morgan fingerprint density at radius 2 is 1.87 bits per heavy atom. The van der Waals surface area contributed by atoms with Gasteiger partial charge >= 0.3 is 0 Å². The Bertz CT molecular complexity index is 450. The highest BCUT2D eigenvalue weighted by atomic mass is 16.5. The van der Waals surface area contributed by atoms with Crippen LogP contribution in [0.15, 0.2) is 24.3 Å². The van der Waals surface area contributed by atoms with Gasteiger partial charge in [0, 0.05) is 38.8 Å². The number of aliphatic hydroxyl groups is 1. The van der Waals surface area contributed by atoms with Gasteiger partial charge in [0.2, 0.25) is 0 Å². The fourth-order valence-electron chi connectivity index (χ4n) is 2.51. The number of likely N-dealkylation sites (N-methyl/N-ethyl adjacent to an activating group) is 1. The van der Waals surface area contributed by atoms with Gasteiger partial charge in [-0.3, -0.25) is 4.90 Å². The maximum absolute atomic E-state index is 10.0. The predicted molar refractivity (Wildman–Crippen MR) is 89.3 cm³/mol. The maximum atomic E-state index is 10.0. The quantitative estimate of drug-likeness (QED) is 0.675. The minimum Gasteiger partial charge on any atom is -0.497 e. The lowest BCUT2D eigenvalue weighted by atomic mass is 10.3. The number of ether oxygens (including phenoxy) is 3. The number of aliphatic hydroxyl groups excluding tert-OH is 1. The van der Waals surface area contributed by atoms with E-state index >= 15 is 0 Å². The van der Waals surface area contributed by atoms with Crippen LogP contribution in [-0.4, -0.2) is 87.7 Å². The van der Waals surface area contributed by atoms with E-state index in [0.717, 1.165) is 37.7 Å². The van der Waals surface area contributed by atoms with E-state index in [0.29, 0.717) is 26.4 Å². The molecule has 0 aromatic heterocycles. The molecule has 1 saturated heterocycles. The summed E-state index contributed by atoms with van der Waals surface area (Å²) in [7, 11) is 3.75. The molecule has 1 atom stereocenters. The van der Waals surface area contributed by atoms with Gasteiger partial charge in [0.05, 0.1) is 26.4 Å². The number of methoxy groups -OCH3 is 1. The SMILES string of the molecule is COc1cccc(OCCOC[C@H](O)CN2CCN(C)CC2)c1. The topological polar surface area (TPSA) is 54.4 Å². The van der Waals surface area contributed by atoms with Crippen molar-refractivity contribution < 1.29 is 19.3 Å². The van der Waals surface area contributed by atoms with E-state index in [9.17, 15) is 5.11 Å². The molecule has 0 bridgehead atoms. The van der Waals surface area contributed by atoms with Crippen molar-refractivity contribution in [3.8, 4) is 11.5 Å². The minimum absolute atomic E-state index is 0.341. The highest BCUT2D eigenvalue weighted by Crippen LogP contribution is 2.18. The van der Waals surface area contributed by atoms with Crippen LogP contribution in [0.1, 0.15) is 0 Å². The number of rotatable bonds is 9. The summed E-state index contributed by atoms with van der Waals surface area (Å²) < 4.78 is 16.2. The molecule has 0 radical (unpaired) electrons. The predicted octanol–water partition coefficient (Wildman–Crippen LogP) is 0.699. The zero-order valence-corrected chi connectivity index (χ0v) is 14.1. The van der Waals surface area contributed by atoms with Gasteiger partial charge in [-0.15, -0.1) is 0 Å². The molecule has 0 saturated carbocycles. The van der Waals surface area contributed by atoms with Crippen LogP contribution in [-0.2, 0) is 4.74 Å². The van der Waals surface area contributed by atoms with Crippen LogP contribution in [0.2, 0.25) is 0 Å². The van der Waals surface area contributed by atoms with E-state index in [2.05, 4.69) is 16.8 Å². The van der Waals surface area contributed by atoms with Crippen molar-refractivity contribution >= 4 is 0 Å². The second kappa shape index (κ2) is 9.72. The lowest BCUT2D eigenvalue weighted by molar-refractivity contribution is 0.00149. The summed E-state index contributed by atoms with van der Waals surface area (Å²) in [5.74, 6) is 1.52. The molecule has 0 unspecified atom stereocenters. The first-order valence-corrected chi connectivity index (χ1v) is 8.11. The molecule has 23 heavy (non-hydrogen) atoms. The van der Waals surface area contributed by atoms with Crippen LogP contribution in [0.4, 0.5) is 0 Å². The maximum Gasteiger partial charge on any atom is 0.123 e. The van der Waals surface area contributed by atoms with Crippen LogP contribution >= 0.6 is 0 Å². The second-order valence-corrected chi connectivity index (χ2v) is 5.86. The normalized spacial score (nSPS) is 17.9. The van der Waals surface area contributed by atoms with E-state index in [1.54, 1.807) is 7.11 Å². The van der Waals surface area contributed by atoms with Crippen molar-refractivity contribution in [1.29, 1.82) is 0 Å². The molecule has 1 aliphatic rings. The third-order valence-corrected chi connectivity index (χ3v) is 3.91. The number of piperazine rings is 1. The molecule has 2 rings (SSSR count). The molecule has 1 aromatic rings. The van der Waals surface area contributed by atoms with Gasteiger partial charge in [0.15, 0.2) is 0 Å². The van der Waals surface area contributed by atoms with Gasteiger partial charge in [-0.25, -0.2) is 0 Å². The average molecular weight is 324 g/mol. The fraction of sp³-hybridized carbons (Fsp3) is 0.647. The third kappa shape index (κ3) is 6.74. The van der Waals surface area contributed by atoms with E-state index in [1.807, 2.05) is 24.3 Å². The van der Waals surface area contributed by atoms with Gasteiger partial charge in [-0.2, -0.15) is 0 Å². The Balaban J connectivity index is 1.54. The lowest BCUT2D eigenvalue weighted by Crippen LogP contribution is -2.47. The number of benzene rings is 1. The molecule has 130 valence electrons. The number of hydrogen-bond donors (Lipinski definition) is 1. The Kier molecular flexibility index (Phi) is 7.61. The highest BCUT2D eigenvalue weighted by molar-refractivity contribution is 5.32. The minimum atomic E-state index is -0.449. The molecular weight excluding hydrogens is 296 g/mol. The standard InChI is InChI=1S/C17H28N2O4/c1-18-6-8-19(9-7-18)13-15(20)14-22-10-11-23-17-5-3-4-16(12-17)21-2/h3-5,12,15,20H,6-11,13-14H2,1-2H3/t15-/m1/s1. The Morgan fingerprint density at radius 1 is 1.13 bits per heavy atom. The third-order valence-electron chi connectivity index (χ3n) is 3.91. The lowest BCUT2D eigenvalue weighted by Gasteiger charge is -2.33. The summed E-state index contributed by atoms with van der Waals surface area (Å²) in [5, 5.41) is 10.0. The van der Waals surface area contributed by atoms with Crippen LogP contribution in [0.3, 0.4) is 0 Å². The molecule has 1 heterocycles. The van der Waals surface area contributed by atoms with Crippen LogP contribution in [0, 0.1) is 0 Å². The zero-order valence-electron chi connectivity index (χ0n) is 14.1. The van der Waals surface area contributed by atoms with Crippen molar-refractivity contribution in [2.45, 2.75) is 6.10 Å². The first-order valence-electron chi connectivity index (χ1n) is 8.11. The van der Waals surface area contributed by atoms with Crippen LogP contribution in [0.5, 0.6) is 11.5 Å². The van der Waals surface area contributed by atoms with Crippen molar-refractivity contribution in [2.75, 3.05) is 66.7 Å². The second-order valence-electron chi connectivity index (χ2n) is 5.86. The van der Waals surface area contributed by atoms with Crippen molar-refractivity contribution in [1.82, 2.24) is 9.80 Å². The van der Waals surface area contributed by atoms with E-state index in [1.165, 1.54) is 0 Å². The Labute approximate surface area is 138 Å². The van der Waals surface area contributed by atoms with Crippen LogP contribution < -0.4 is 9.47 Å². The molecule has 0 amide bonds. The molecule has 6 heteroatoms. The molecule has 0 spiro atoms. The van der Waals surface area contributed by atoms with Gasteiger partial charge in [-0.05, 0) is 19.2 Å². The van der Waals surface area contributed by atoms with Crippen LogP contribution in [0.25, 0.3) is 0 Å². The highest BCUT2D eigenvalue weighted by Gasteiger charge is 2.16. The molecule has 1 fully saturated rings. The molecule has 6 nitrogen and oxygen atoms in total. The first-order chi connectivity index (χ1) is 11.2. The van der Waals surface area contributed by atoms with Gasteiger partial charge < -0.3 is 24.2 Å². The van der Waals surface area contributed by atoms with Crippen molar-refractivity contribution in [3.63, 3.8) is 0 Å². The first kappa shape index (κ1) is 18.0. The molecular formula is C17H28N2O4. The summed E-state index contributed by atoms with van der Waals surface area (Å²) in [6, 6.07) is 7.47. The molecule has 1 aliphatic heterocycles. The van der Waals surface area contributed by atoms with E-state index in [-0.39, 0.29) is 0 Å². The molecule has 1 aromatic carbocycles. The Morgan fingerprint density at radius 3 is 2.61 bits per heavy atom. The number of nitrogens with zero attached hydrogens (tertiary/aromatic N) is 2. The smallest absolute Gasteiger partial charge is 0.123 e. The van der Waals surface area contributed by atoms with Crippen molar-refractivity contribution in [2.24, 2.45) is 0 Å². The molecule has 0 aliphatic carbocycles. The summed E-state index contributed by atoms with van der Waals surface area (Å²) in [6.45, 7) is 6.05. The van der Waals surface area contributed by atoms with Gasteiger partial charge in [0.1, 0.15) is 18.1 Å². The van der Waals surface area contributed by atoms with Gasteiger partial charge in [0.25, 0.3) is 0 Å². The summed E-state index contributed by atoms with van der Waals surface area (Å²) in [5.41, 5.74) is 0. The van der Waals surface area contributed by atoms with E-state index < -0.39 is 6.10 Å². The summed E-state index contributed by atoms with van der Waals surface area (Å²) in [6.07, 6.45) is -0.449. The molecule has 1 N–H and O–H groups in total. The number of hydrogen-bond acceptors (Lipinski definition) is 6. The zero-order chi connectivity index (χ0) is 16.5. The number of β-amino-alcohol motifs (C(OH)–C–C–N with tert-alkyl or cyclic N) is 1. The monoisotopic (exact) mass is 324 g/mol. The van der Waals surface area contributed by atoms with E-state index in [4.69, 9.17) is 14.2 Å². The summed E-state index contributed by atoms with van der Waals surface area (Å²) >= 11 is 0. The average Bonchev–Trinajstić information content (AvgIpc) is 2.57. The fourth-order valence-corrected chi connectivity index (χ4v) is 2.51. The van der Waals surface area contributed by atoms with Gasteiger partial charge in [-0.1, -0.05) is 6.07 Å².